The lowest BCUT2D eigenvalue weighted by Crippen LogP contribution is -2.31. The monoisotopic (exact) mass is 202 g/mol. The summed E-state index contributed by atoms with van der Waals surface area (Å²) < 4.78 is 35.5. The molecule has 0 saturated carbocycles. The number of hydrogen-bond donors (Lipinski definition) is 1. The van der Waals surface area contributed by atoms with Crippen molar-refractivity contribution < 1.29 is 18.3 Å². The van der Waals surface area contributed by atoms with Crippen molar-refractivity contribution in [1.29, 1.82) is 0 Å². The third kappa shape index (κ3) is 4.21. The van der Waals surface area contributed by atoms with E-state index in [1.807, 2.05) is 6.92 Å². The molecule has 0 amide bonds. The van der Waals surface area contributed by atoms with Crippen molar-refractivity contribution in [3.05, 3.63) is 0 Å². The van der Waals surface area contributed by atoms with E-state index in [1.54, 1.807) is 6.26 Å². The maximum Gasteiger partial charge on any atom is 0.414 e. The first kappa shape index (κ1) is 12.1. The van der Waals surface area contributed by atoms with Gasteiger partial charge in [0.1, 0.15) is 0 Å². The summed E-state index contributed by atoms with van der Waals surface area (Å²) in [5.41, 5.74) is 0. The molecule has 0 rings (SSSR count). The molecule has 2 unspecified atom stereocenters. The molecule has 0 radical (unpaired) electrons. The predicted octanol–water partition coefficient (Wildman–Crippen LogP) is 2.44. The van der Waals surface area contributed by atoms with Crippen molar-refractivity contribution >= 4 is 11.8 Å². The smallest absolute Gasteiger partial charge is 0.384 e. The lowest BCUT2D eigenvalue weighted by molar-refractivity contribution is -0.205. The summed E-state index contributed by atoms with van der Waals surface area (Å²) in [7, 11) is 0. The van der Waals surface area contributed by atoms with Gasteiger partial charge in [0.05, 0.1) is 0 Å². The SMILES string of the molecule is CCC(CC(O)C(F)(F)F)SC. The maximum absolute atomic E-state index is 11.8. The van der Waals surface area contributed by atoms with Crippen LogP contribution >= 0.6 is 11.8 Å². The minimum atomic E-state index is -4.47. The zero-order valence-electron chi connectivity index (χ0n) is 7.06. The summed E-state index contributed by atoms with van der Waals surface area (Å²) in [4.78, 5) is 0. The van der Waals surface area contributed by atoms with Crippen molar-refractivity contribution in [3.63, 3.8) is 0 Å². The van der Waals surface area contributed by atoms with Gasteiger partial charge in [-0.25, -0.2) is 0 Å². The molecule has 74 valence electrons. The Hall–Kier alpha value is 0.100. The summed E-state index contributed by atoms with van der Waals surface area (Å²) in [6.45, 7) is 1.81. The normalized spacial score (nSPS) is 17.5. The molecule has 0 aromatic rings. The highest BCUT2D eigenvalue weighted by Gasteiger charge is 2.38. The molecule has 0 spiro atoms. The molecule has 0 fully saturated rings. The molecule has 0 aromatic carbocycles. The van der Waals surface area contributed by atoms with Crippen LogP contribution in [0, 0.1) is 0 Å². The van der Waals surface area contributed by atoms with Gasteiger partial charge in [0, 0.05) is 5.25 Å². The van der Waals surface area contributed by atoms with Gasteiger partial charge in [0.25, 0.3) is 0 Å². The van der Waals surface area contributed by atoms with Gasteiger partial charge >= 0.3 is 6.18 Å². The molecule has 2 atom stereocenters. The van der Waals surface area contributed by atoms with Crippen molar-refractivity contribution in [2.45, 2.75) is 37.3 Å². The van der Waals surface area contributed by atoms with Crippen LogP contribution in [0.5, 0.6) is 0 Å². The Balaban J connectivity index is 3.90. The quantitative estimate of drug-likeness (QED) is 0.755. The fourth-order valence-electron chi connectivity index (χ4n) is 0.812. The molecule has 1 N–H and O–H groups in total. The van der Waals surface area contributed by atoms with Gasteiger partial charge in [-0.3, -0.25) is 0 Å². The van der Waals surface area contributed by atoms with Gasteiger partial charge in [0.15, 0.2) is 6.10 Å². The highest BCUT2D eigenvalue weighted by atomic mass is 32.2. The minimum Gasteiger partial charge on any atom is -0.384 e. The molecule has 0 heterocycles. The van der Waals surface area contributed by atoms with E-state index >= 15 is 0 Å². The Morgan fingerprint density at radius 1 is 1.42 bits per heavy atom. The van der Waals surface area contributed by atoms with Crippen molar-refractivity contribution in [1.82, 2.24) is 0 Å². The van der Waals surface area contributed by atoms with Crippen LogP contribution in [0.3, 0.4) is 0 Å². The molecule has 0 aliphatic rings. The van der Waals surface area contributed by atoms with E-state index in [1.165, 1.54) is 11.8 Å². The second-order valence-electron chi connectivity index (χ2n) is 2.56. The Morgan fingerprint density at radius 3 is 2.17 bits per heavy atom. The van der Waals surface area contributed by atoms with Crippen LogP contribution in [0.4, 0.5) is 13.2 Å². The first-order valence-electron chi connectivity index (χ1n) is 3.69. The van der Waals surface area contributed by atoms with E-state index in [2.05, 4.69) is 0 Å². The summed E-state index contributed by atoms with van der Waals surface area (Å²) >= 11 is 1.35. The van der Waals surface area contributed by atoms with Crippen molar-refractivity contribution in [2.75, 3.05) is 6.26 Å². The second kappa shape index (κ2) is 4.97. The van der Waals surface area contributed by atoms with Crippen LogP contribution < -0.4 is 0 Å². The van der Waals surface area contributed by atoms with Crippen molar-refractivity contribution in [3.8, 4) is 0 Å². The van der Waals surface area contributed by atoms with Crippen LogP contribution in [-0.4, -0.2) is 28.9 Å². The Labute approximate surface area is 74.3 Å². The van der Waals surface area contributed by atoms with E-state index in [-0.39, 0.29) is 11.7 Å². The second-order valence-corrected chi connectivity index (χ2v) is 3.70. The number of hydrogen-bond acceptors (Lipinski definition) is 2. The average Bonchev–Trinajstić information content (AvgIpc) is 1.97. The van der Waals surface area contributed by atoms with Crippen LogP contribution in [0.25, 0.3) is 0 Å². The Kier molecular flexibility index (Phi) is 5.01. The highest BCUT2D eigenvalue weighted by Crippen LogP contribution is 2.27. The van der Waals surface area contributed by atoms with Gasteiger partial charge in [0.2, 0.25) is 0 Å². The molecule has 0 bridgehead atoms. The highest BCUT2D eigenvalue weighted by molar-refractivity contribution is 7.99. The summed E-state index contributed by atoms with van der Waals surface area (Å²) in [6, 6.07) is 0. The Bertz CT molecular complexity index is 122. The zero-order valence-corrected chi connectivity index (χ0v) is 7.87. The lowest BCUT2D eigenvalue weighted by atomic mass is 10.1. The minimum absolute atomic E-state index is 0.110. The van der Waals surface area contributed by atoms with E-state index in [4.69, 9.17) is 5.11 Å². The fourth-order valence-corrected chi connectivity index (χ4v) is 1.52. The van der Waals surface area contributed by atoms with E-state index in [9.17, 15) is 13.2 Å². The Morgan fingerprint density at radius 2 is 1.92 bits per heavy atom. The van der Waals surface area contributed by atoms with E-state index in [0.717, 1.165) is 0 Å². The van der Waals surface area contributed by atoms with E-state index < -0.39 is 12.3 Å². The molecule has 0 aliphatic heterocycles. The number of aliphatic hydroxyl groups is 1. The third-order valence-corrected chi connectivity index (χ3v) is 2.85. The maximum atomic E-state index is 11.8. The topological polar surface area (TPSA) is 20.2 Å². The van der Waals surface area contributed by atoms with Gasteiger partial charge in [-0.05, 0) is 19.1 Å². The molecule has 0 aliphatic carbocycles. The van der Waals surface area contributed by atoms with Crippen LogP contribution in [0.15, 0.2) is 0 Å². The standard InChI is InChI=1S/C7H13F3OS/c1-3-5(12-2)4-6(11)7(8,9)10/h5-6,11H,3-4H2,1-2H3. The fraction of sp³-hybridized carbons (Fsp3) is 1.00. The van der Waals surface area contributed by atoms with Gasteiger partial charge in [-0.2, -0.15) is 24.9 Å². The largest absolute Gasteiger partial charge is 0.414 e. The number of alkyl halides is 3. The molecule has 0 aromatic heterocycles. The third-order valence-electron chi connectivity index (χ3n) is 1.65. The molecule has 5 heteroatoms. The van der Waals surface area contributed by atoms with E-state index in [0.29, 0.717) is 6.42 Å². The average molecular weight is 202 g/mol. The molecular formula is C7H13F3OS. The predicted molar refractivity (Wildman–Crippen MR) is 44.3 cm³/mol. The molecule has 1 nitrogen and oxygen atoms in total. The lowest BCUT2D eigenvalue weighted by Gasteiger charge is -2.18. The summed E-state index contributed by atoms with van der Waals surface area (Å²) in [6.07, 6.45) is -4.45. The van der Waals surface area contributed by atoms with Crippen LogP contribution in [0.1, 0.15) is 19.8 Å². The summed E-state index contributed by atoms with van der Waals surface area (Å²) in [5.74, 6) is 0. The number of halogens is 3. The zero-order chi connectivity index (χ0) is 9.78. The first-order chi connectivity index (χ1) is 5.41. The number of thioether (sulfide) groups is 1. The molecule has 0 saturated heterocycles. The number of rotatable bonds is 4. The molecular weight excluding hydrogens is 189 g/mol. The summed E-state index contributed by atoms with van der Waals surface area (Å²) in [5, 5.41) is 8.57. The van der Waals surface area contributed by atoms with Gasteiger partial charge < -0.3 is 5.11 Å². The number of aliphatic hydroxyl groups excluding tert-OH is 1. The first-order valence-corrected chi connectivity index (χ1v) is 4.98. The van der Waals surface area contributed by atoms with Crippen LogP contribution in [0.2, 0.25) is 0 Å². The van der Waals surface area contributed by atoms with Gasteiger partial charge in [-0.1, -0.05) is 6.92 Å². The van der Waals surface area contributed by atoms with Crippen molar-refractivity contribution in [2.24, 2.45) is 0 Å². The van der Waals surface area contributed by atoms with Gasteiger partial charge in [-0.15, -0.1) is 0 Å². The molecule has 12 heavy (non-hydrogen) atoms. The van der Waals surface area contributed by atoms with Crippen LogP contribution in [-0.2, 0) is 0 Å².